The van der Waals surface area contributed by atoms with Crippen molar-refractivity contribution in [2.45, 2.75) is 0 Å². The van der Waals surface area contributed by atoms with Crippen molar-refractivity contribution in [2.24, 2.45) is 0 Å². The van der Waals surface area contributed by atoms with Crippen LogP contribution in [-0.4, -0.2) is 37.8 Å². The second-order valence-electron chi connectivity index (χ2n) is 7.21. The molecule has 0 fully saturated rings. The Morgan fingerprint density at radius 1 is 0.488 bits per heavy atom. The summed E-state index contributed by atoms with van der Waals surface area (Å²) in [5.74, 6) is -4.00. The van der Waals surface area contributed by atoms with Crippen LogP contribution in [0, 0.1) is 5.82 Å². The number of aromatic carboxylic acids is 3. The first-order valence-corrected chi connectivity index (χ1v) is 11.3. The average molecular weight is 732 g/mol. The fourth-order valence-corrected chi connectivity index (χ4v) is 2.64. The van der Waals surface area contributed by atoms with Gasteiger partial charge in [0.2, 0.25) is 0 Å². The maximum atomic E-state index is 13.2. The molecule has 1 aromatic carbocycles. The van der Waals surface area contributed by atoms with Gasteiger partial charge in [0.1, 0.15) is 11.5 Å². The first-order valence-electron chi connectivity index (χ1n) is 11.3. The van der Waals surface area contributed by atoms with Crippen LogP contribution in [0.5, 0.6) is 0 Å². The summed E-state index contributed by atoms with van der Waals surface area (Å²) < 4.78 is 13.2. The molecule has 0 saturated heterocycles. The van der Waals surface area contributed by atoms with E-state index in [1.807, 2.05) is 30.3 Å². The average Bonchev–Trinajstić information content (AvgIpc) is 3.00. The molecule has 4 heterocycles. The van der Waals surface area contributed by atoms with Gasteiger partial charge in [-0.2, -0.15) is 0 Å². The smallest absolute Gasteiger partial charge is 0.543 e. The fourth-order valence-electron chi connectivity index (χ4n) is 2.64. The van der Waals surface area contributed by atoms with Gasteiger partial charge in [-0.15, -0.1) is 0 Å². The standard InChI is InChI=1S/C11H8FN.3C6H5NO2.Ir/c12-10-7-4-8-13-11(10)9-5-2-1-3-6-9;3*8-6(9)5-3-1-2-4-7-5;/h1-8H;3*1-4H,(H,8,9);/q;;;;+3/p-3. The van der Waals surface area contributed by atoms with Crippen molar-refractivity contribution in [3.8, 4) is 11.3 Å². The molecule has 5 aromatic rings. The summed E-state index contributed by atoms with van der Waals surface area (Å²) in [5, 5.41) is 30.1. The molecule has 0 spiro atoms. The van der Waals surface area contributed by atoms with E-state index in [1.165, 1.54) is 42.9 Å². The van der Waals surface area contributed by atoms with Crippen molar-refractivity contribution < 1.29 is 54.2 Å². The number of carboxylic acid groups (broad SMARTS) is 3. The zero-order chi connectivity index (χ0) is 29.2. The topological polar surface area (TPSA) is 172 Å². The molecule has 41 heavy (non-hydrogen) atoms. The van der Waals surface area contributed by atoms with E-state index in [0.717, 1.165) is 5.56 Å². The van der Waals surface area contributed by atoms with Gasteiger partial charge < -0.3 is 29.7 Å². The fraction of sp³-hybridized carbons (Fsp3) is 0. The summed E-state index contributed by atoms with van der Waals surface area (Å²) in [6.45, 7) is 0. The summed E-state index contributed by atoms with van der Waals surface area (Å²) >= 11 is 0. The zero-order valence-electron chi connectivity index (χ0n) is 21.0. The largest absolute Gasteiger partial charge is 3.00 e. The summed E-state index contributed by atoms with van der Waals surface area (Å²) in [6.07, 6.45) is 5.81. The minimum absolute atomic E-state index is 0. The predicted molar refractivity (Wildman–Crippen MR) is 135 cm³/mol. The Hall–Kier alpha value is -5.19. The number of aromatic nitrogens is 4. The van der Waals surface area contributed by atoms with Gasteiger partial charge in [-0.1, -0.05) is 48.5 Å². The first kappa shape index (κ1) is 33.8. The monoisotopic (exact) mass is 732 g/mol. The number of pyridine rings is 4. The van der Waals surface area contributed by atoms with Crippen molar-refractivity contribution in [3.05, 3.63) is 145 Å². The summed E-state index contributed by atoms with van der Waals surface area (Å²) in [4.78, 5) is 44.6. The molecule has 0 saturated carbocycles. The van der Waals surface area contributed by atoms with Crippen LogP contribution in [0.4, 0.5) is 4.39 Å². The Labute approximate surface area is 247 Å². The quantitative estimate of drug-likeness (QED) is 0.262. The number of hydrogen-bond acceptors (Lipinski definition) is 10. The van der Waals surface area contributed by atoms with Crippen LogP contribution in [0.25, 0.3) is 11.3 Å². The molecule has 5 rings (SSSR count). The number of nitrogens with zero attached hydrogens (tertiary/aromatic N) is 4. The van der Waals surface area contributed by atoms with Gasteiger partial charge >= 0.3 is 20.1 Å². The van der Waals surface area contributed by atoms with Crippen molar-refractivity contribution in [2.75, 3.05) is 0 Å². The number of carbonyl (C=O) groups excluding carboxylic acids is 3. The van der Waals surface area contributed by atoms with Crippen LogP contribution in [0.2, 0.25) is 0 Å². The number of carboxylic acids is 3. The van der Waals surface area contributed by atoms with Gasteiger partial charge in [0.25, 0.3) is 0 Å². The van der Waals surface area contributed by atoms with E-state index in [2.05, 4.69) is 19.9 Å². The normalized spacial score (nSPS) is 9.00. The second kappa shape index (κ2) is 19.0. The predicted octanol–water partition coefficient (Wildman–Crippen LogP) is 1.22. The number of hydrogen-bond donors (Lipinski definition) is 0. The number of rotatable bonds is 4. The molecular formula is C29H20FIrN4O6. The minimum Gasteiger partial charge on any atom is -0.543 e. The maximum Gasteiger partial charge on any atom is 3.00 e. The first-order chi connectivity index (χ1) is 19.3. The molecule has 0 aliphatic rings. The third kappa shape index (κ3) is 12.9. The van der Waals surface area contributed by atoms with Crippen molar-refractivity contribution in [1.82, 2.24) is 19.9 Å². The number of carbonyl (C=O) groups is 3. The van der Waals surface area contributed by atoms with E-state index in [0.29, 0.717) is 5.69 Å². The SMILES string of the molecule is Fc1cccnc1-c1ccccc1.O=C([O-])c1ccccn1.O=C([O-])c1ccccn1.O=C([O-])c1ccccn1.[Ir+3]. The zero-order valence-corrected chi connectivity index (χ0v) is 23.4. The molecule has 0 N–H and O–H groups in total. The van der Waals surface area contributed by atoms with Gasteiger partial charge in [-0.3, -0.25) is 19.9 Å². The molecule has 0 unspecified atom stereocenters. The summed E-state index contributed by atoms with van der Waals surface area (Å²) in [5.41, 5.74) is 1.12. The number of halogens is 1. The Balaban J connectivity index is 0.000000275. The van der Waals surface area contributed by atoms with Gasteiger partial charge in [0.05, 0.1) is 35.0 Å². The van der Waals surface area contributed by atoms with E-state index in [-0.39, 0.29) is 43.0 Å². The van der Waals surface area contributed by atoms with Gasteiger partial charge in [-0.25, -0.2) is 4.39 Å². The maximum absolute atomic E-state index is 13.2. The van der Waals surface area contributed by atoms with Gasteiger partial charge in [0.15, 0.2) is 0 Å². The Morgan fingerprint density at radius 2 is 0.854 bits per heavy atom. The van der Waals surface area contributed by atoms with Crippen LogP contribution in [0.15, 0.2) is 122 Å². The Kier molecular flexibility index (Phi) is 15.6. The Bertz CT molecular complexity index is 1370. The molecule has 12 heteroatoms. The van der Waals surface area contributed by atoms with Crippen molar-refractivity contribution in [3.63, 3.8) is 0 Å². The molecule has 0 amide bonds. The Morgan fingerprint density at radius 3 is 1.15 bits per heavy atom. The van der Waals surface area contributed by atoms with E-state index in [4.69, 9.17) is 0 Å². The number of benzene rings is 1. The molecule has 0 aliphatic heterocycles. The summed E-state index contributed by atoms with van der Waals surface area (Å²) in [7, 11) is 0. The van der Waals surface area contributed by atoms with Gasteiger partial charge in [0, 0.05) is 30.4 Å². The van der Waals surface area contributed by atoms with E-state index < -0.39 is 17.9 Å². The van der Waals surface area contributed by atoms with E-state index in [1.54, 1.807) is 48.7 Å². The third-order valence-corrected chi connectivity index (χ3v) is 4.43. The third-order valence-electron chi connectivity index (χ3n) is 4.43. The van der Waals surface area contributed by atoms with Crippen LogP contribution in [-0.2, 0) is 20.1 Å². The van der Waals surface area contributed by atoms with Crippen LogP contribution >= 0.6 is 0 Å². The second-order valence-corrected chi connectivity index (χ2v) is 7.21. The van der Waals surface area contributed by atoms with Crippen LogP contribution in [0.3, 0.4) is 0 Å². The molecule has 4 aromatic heterocycles. The molecular weight excluding hydrogens is 712 g/mol. The van der Waals surface area contributed by atoms with E-state index in [9.17, 15) is 34.1 Å². The molecule has 0 aliphatic carbocycles. The van der Waals surface area contributed by atoms with Gasteiger partial charge in [-0.05, 0) is 48.5 Å². The van der Waals surface area contributed by atoms with Crippen molar-refractivity contribution >= 4 is 17.9 Å². The molecule has 10 nitrogen and oxygen atoms in total. The minimum atomic E-state index is -1.24. The van der Waals surface area contributed by atoms with Crippen LogP contribution in [0.1, 0.15) is 31.5 Å². The molecule has 0 bridgehead atoms. The van der Waals surface area contributed by atoms with E-state index >= 15 is 0 Å². The molecule has 0 radical (unpaired) electrons. The van der Waals surface area contributed by atoms with Crippen LogP contribution < -0.4 is 15.3 Å². The summed E-state index contributed by atoms with van der Waals surface area (Å²) in [6, 6.07) is 26.2. The van der Waals surface area contributed by atoms with Crippen molar-refractivity contribution in [1.29, 1.82) is 0 Å². The molecule has 0 atom stereocenters. The molecule has 208 valence electrons.